The molecule has 1 unspecified atom stereocenters. The van der Waals surface area contributed by atoms with Gasteiger partial charge in [0.05, 0.1) is 0 Å². The van der Waals surface area contributed by atoms with Crippen LogP contribution in [-0.2, 0) is 6.42 Å². The van der Waals surface area contributed by atoms with Crippen molar-refractivity contribution in [3.8, 4) is 0 Å². The van der Waals surface area contributed by atoms with Crippen LogP contribution in [0, 0.1) is 30.3 Å². The smallest absolute Gasteiger partial charge is 0.424 e. The lowest BCUT2D eigenvalue weighted by atomic mass is 10.2. The normalized spacial score (nSPS) is 16.6. The summed E-state index contributed by atoms with van der Waals surface area (Å²) in [5.41, 5.74) is 0. The van der Waals surface area contributed by atoms with Crippen LogP contribution in [-0.4, -0.2) is 30.8 Å². The average Bonchev–Trinajstić information content (AvgIpc) is 2.83. The van der Waals surface area contributed by atoms with E-state index in [4.69, 9.17) is 0 Å². The minimum Gasteiger partial charge on any atom is -0.424 e. The molecule has 0 radical (unpaired) electrons. The van der Waals surface area contributed by atoms with E-state index in [0.717, 1.165) is 0 Å². The van der Waals surface area contributed by atoms with E-state index in [-0.39, 0.29) is 6.92 Å². The quantitative estimate of drug-likeness (QED) is 0.275. The van der Waals surface area contributed by atoms with Crippen LogP contribution in [0.1, 0.15) is 30.4 Å². The van der Waals surface area contributed by atoms with Crippen molar-refractivity contribution in [1.82, 2.24) is 10.2 Å². The fourth-order valence-corrected chi connectivity index (χ4v) is 1.95. The Balaban J connectivity index is 3.09. The van der Waals surface area contributed by atoms with Crippen LogP contribution >= 0.6 is 10.2 Å². The van der Waals surface area contributed by atoms with E-state index in [1.807, 2.05) is 0 Å². The number of halogens is 5. The van der Waals surface area contributed by atoms with Crippen molar-refractivity contribution >= 4 is 10.2 Å². The number of hydrogen-bond acceptors (Lipinski definition) is 9. The zero-order valence-electron chi connectivity index (χ0n) is 11.9. The lowest BCUT2D eigenvalue weighted by molar-refractivity contribution is -0.970. The number of rotatable bonds is 8. The molecule has 1 aromatic rings. The van der Waals surface area contributed by atoms with E-state index in [2.05, 4.69) is 14.6 Å². The van der Waals surface area contributed by atoms with E-state index >= 15 is 0 Å². The van der Waals surface area contributed by atoms with Gasteiger partial charge in [-0.25, -0.2) is 0 Å². The van der Waals surface area contributed by atoms with Crippen LogP contribution in [0.25, 0.3) is 0 Å². The zero-order valence-corrected chi connectivity index (χ0v) is 12.7. The van der Waals surface area contributed by atoms with Gasteiger partial charge in [-0.2, -0.15) is 0 Å². The van der Waals surface area contributed by atoms with Gasteiger partial charge in [0.1, 0.15) is 0 Å². The second-order valence-corrected chi connectivity index (χ2v) is 7.51. The van der Waals surface area contributed by atoms with Crippen LogP contribution in [0.3, 0.4) is 0 Å². The van der Waals surface area contributed by atoms with Crippen molar-refractivity contribution in [3.05, 3.63) is 42.1 Å². The highest BCUT2D eigenvalue weighted by Crippen LogP contribution is 3.03. The fraction of sp³-hybridized carbons (Fsp3) is 0.714. The molecule has 0 aliphatic rings. The Kier molecular flexibility index (Phi) is 4.21. The van der Waals surface area contributed by atoms with Crippen LogP contribution in [0.5, 0.6) is 0 Å². The first kappa shape index (κ1) is 20.4. The second kappa shape index (κ2) is 5.17. The Labute approximate surface area is 133 Å². The molecule has 0 saturated heterocycles. The Morgan fingerprint density at radius 1 is 1.04 bits per heavy atom. The topological polar surface area (TPSA) is 168 Å². The summed E-state index contributed by atoms with van der Waals surface area (Å²) in [4.78, 5) is 26.5. The highest BCUT2D eigenvalue weighted by Gasteiger charge is 2.71. The van der Waals surface area contributed by atoms with E-state index in [1.165, 1.54) is 0 Å². The first-order valence-electron chi connectivity index (χ1n) is 5.90. The van der Waals surface area contributed by atoms with Gasteiger partial charge in [-0.1, -0.05) is 19.4 Å². The minimum absolute atomic E-state index is 0.0359. The Morgan fingerprint density at radius 2 is 1.48 bits per heavy atom. The van der Waals surface area contributed by atoms with Gasteiger partial charge < -0.3 is 4.42 Å². The predicted molar refractivity (Wildman–Crippen MR) is 67.9 cm³/mol. The SMILES string of the molecule is CC(c1nnc(CCC([N+](=O)[O-])([N+](=O)[O-])[N+](=O)[O-])o1)S(F)(F)(F)(F)F. The number of aryl methyl sites for hydroxylation is 1. The largest absolute Gasteiger partial charge is 0.700 e. The third-order valence-electron chi connectivity index (χ3n) is 3.05. The maximum atomic E-state index is 12.6. The van der Waals surface area contributed by atoms with Crippen molar-refractivity contribution in [3.63, 3.8) is 0 Å². The molecule has 0 N–H and O–H groups in total. The molecule has 0 aliphatic carbocycles. The summed E-state index contributed by atoms with van der Waals surface area (Å²) >= 11 is 0. The Bertz CT molecular complexity index is 700. The van der Waals surface area contributed by atoms with Gasteiger partial charge in [-0.05, 0) is 6.92 Å². The van der Waals surface area contributed by atoms with Crippen molar-refractivity contribution in [2.45, 2.75) is 30.8 Å². The third-order valence-corrected chi connectivity index (χ3v) is 4.59. The average molecular weight is 401 g/mol. The highest BCUT2D eigenvalue weighted by atomic mass is 32.5. The van der Waals surface area contributed by atoms with Crippen LogP contribution in [0.15, 0.2) is 4.42 Å². The van der Waals surface area contributed by atoms with Crippen LogP contribution in [0.2, 0.25) is 0 Å². The van der Waals surface area contributed by atoms with E-state index in [1.54, 1.807) is 0 Å². The molecule has 12 nitrogen and oxygen atoms in total. The van der Waals surface area contributed by atoms with Gasteiger partial charge in [0.15, 0.2) is 26.4 Å². The van der Waals surface area contributed by atoms with Crippen molar-refractivity contribution in [1.29, 1.82) is 0 Å². The van der Waals surface area contributed by atoms with E-state index < -0.39 is 60.7 Å². The minimum atomic E-state index is -10.0. The first-order chi connectivity index (χ1) is 10.9. The molecule has 1 aromatic heterocycles. The lowest BCUT2D eigenvalue weighted by Crippen LogP contribution is -2.53. The summed E-state index contributed by atoms with van der Waals surface area (Å²) in [5, 5.41) is 34.2. The van der Waals surface area contributed by atoms with Gasteiger partial charge in [0, 0.05) is 6.42 Å². The molecule has 25 heavy (non-hydrogen) atoms. The van der Waals surface area contributed by atoms with Crippen molar-refractivity contribution in [2.24, 2.45) is 0 Å². The number of hydrogen-bond donors (Lipinski definition) is 0. The van der Waals surface area contributed by atoms with E-state index in [0.29, 0.717) is 0 Å². The van der Waals surface area contributed by atoms with Crippen molar-refractivity contribution in [2.75, 3.05) is 0 Å². The first-order valence-corrected chi connectivity index (χ1v) is 7.92. The number of nitro groups is 3. The summed E-state index contributed by atoms with van der Waals surface area (Å²) in [6.07, 6.45) is -2.53. The molecule has 0 aromatic carbocycles. The molecular weight excluding hydrogens is 393 g/mol. The molecule has 0 saturated carbocycles. The standard InChI is InChI=1S/C7H8F5N5O7S/c1-4(25(8,9,10,11)12)6-14-13-5(24-6)2-3-7(15(18)19,16(20)21)17(22)23/h4H,2-3H2,1H3. The second-order valence-electron chi connectivity index (χ2n) is 4.75. The molecule has 1 atom stereocenters. The Morgan fingerprint density at radius 3 is 1.84 bits per heavy atom. The summed E-state index contributed by atoms with van der Waals surface area (Å²) in [6, 6.07) is 0. The molecule has 144 valence electrons. The molecule has 0 fully saturated rings. The predicted octanol–water partition coefficient (Wildman–Crippen LogP) is 2.85. The molecular formula is C7H8F5N5O7S. The molecule has 1 heterocycles. The Hall–Kier alpha value is -2.66. The molecule has 0 spiro atoms. The monoisotopic (exact) mass is 401 g/mol. The number of aromatic nitrogens is 2. The van der Waals surface area contributed by atoms with Gasteiger partial charge in [0.2, 0.25) is 11.8 Å². The molecule has 0 amide bonds. The molecule has 18 heteroatoms. The zero-order chi connectivity index (χ0) is 19.9. The van der Waals surface area contributed by atoms with Crippen LogP contribution in [0.4, 0.5) is 19.4 Å². The van der Waals surface area contributed by atoms with Gasteiger partial charge in [-0.3, -0.25) is 30.3 Å². The van der Waals surface area contributed by atoms with Gasteiger partial charge >= 0.3 is 5.79 Å². The summed E-state index contributed by atoms with van der Waals surface area (Å²) < 4.78 is 67.3. The maximum absolute atomic E-state index is 12.6. The maximum Gasteiger partial charge on any atom is 0.700 e. The van der Waals surface area contributed by atoms with Crippen LogP contribution < -0.4 is 0 Å². The van der Waals surface area contributed by atoms with Gasteiger partial charge in [-0.15, -0.1) is 10.2 Å². The van der Waals surface area contributed by atoms with Crippen molar-refractivity contribution < 1.29 is 38.6 Å². The van der Waals surface area contributed by atoms with Gasteiger partial charge in [0.25, 0.3) is 10.2 Å². The lowest BCUT2D eigenvalue weighted by Gasteiger charge is -2.43. The molecule has 0 aliphatic heterocycles. The fourth-order valence-electron chi connectivity index (χ4n) is 1.47. The highest BCUT2D eigenvalue weighted by molar-refractivity contribution is 8.45. The summed E-state index contributed by atoms with van der Waals surface area (Å²) in [7, 11) is -10.0. The third kappa shape index (κ3) is 4.06. The number of nitrogens with zero attached hydrogens (tertiary/aromatic N) is 5. The summed E-state index contributed by atoms with van der Waals surface area (Å²) in [6.45, 7) is 0.0359. The van der Waals surface area contributed by atoms with E-state index in [9.17, 15) is 49.8 Å². The summed E-state index contributed by atoms with van der Waals surface area (Å²) in [5.74, 6) is -6.43. The molecule has 1 rings (SSSR count). The molecule has 0 bridgehead atoms.